The van der Waals surface area contributed by atoms with Crippen LogP contribution < -0.4 is 5.32 Å². The fraction of sp³-hybridized carbons (Fsp3) is 0.333. The Morgan fingerprint density at radius 3 is 2.57 bits per heavy atom. The summed E-state index contributed by atoms with van der Waals surface area (Å²) < 4.78 is 22.1. The van der Waals surface area contributed by atoms with Crippen LogP contribution in [0.4, 0.5) is 5.82 Å². The summed E-state index contributed by atoms with van der Waals surface area (Å²) >= 11 is 0. The molecule has 0 bridgehead atoms. The minimum Gasteiger partial charge on any atom is -0.308 e. The Labute approximate surface area is 85.1 Å². The van der Waals surface area contributed by atoms with E-state index in [1.54, 1.807) is 0 Å². The number of aromatic nitrogens is 2. The average molecular weight is 238 g/mol. The van der Waals surface area contributed by atoms with Crippen LogP contribution in [0.15, 0.2) is 4.90 Å². The van der Waals surface area contributed by atoms with E-state index in [9.17, 15) is 13.2 Å². The maximum absolute atomic E-state index is 11.1. The van der Waals surface area contributed by atoms with Crippen LogP contribution in [-0.2, 0) is 13.8 Å². The Morgan fingerprint density at radius 1 is 1.57 bits per heavy atom. The third-order valence-electron chi connectivity index (χ3n) is 1.43. The molecule has 2 N–H and O–H groups in total. The molecule has 1 aromatic rings. The summed E-state index contributed by atoms with van der Waals surface area (Å²) in [5.74, 6) is -0.497. The van der Waals surface area contributed by atoms with Gasteiger partial charge >= 0.3 is 0 Å². The molecule has 0 aliphatic heterocycles. The van der Waals surface area contributed by atoms with Gasteiger partial charge in [0.2, 0.25) is 5.91 Å². The summed E-state index contributed by atoms with van der Waals surface area (Å²) in [5, 5.41) is 8.28. The van der Waals surface area contributed by atoms with Gasteiger partial charge in [0.1, 0.15) is 4.90 Å². The molecule has 0 radical (unpaired) electrons. The number of aryl methyl sites for hydroxylation is 1. The van der Waals surface area contributed by atoms with Crippen molar-refractivity contribution < 1.29 is 13.2 Å². The minimum absolute atomic E-state index is 0.0787. The molecule has 6 nitrogen and oxygen atoms in total. The quantitative estimate of drug-likeness (QED) is 0.737. The highest BCUT2D eigenvalue weighted by Gasteiger charge is 2.22. The van der Waals surface area contributed by atoms with Crippen molar-refractivity contribution in [2.24, 2.45) is 0 Å². The van der Waals surface area contributed by atoms with Crippen molar-refractivity contribution in [1.29, 1.82) is 0 Å². The van der Waals surface area contributed by atoms with E-state index in [4.69, 9.17) is 10.7 Å². The first kappa shape index (κ1) is 11.0. The van der Waals surface area contributed by atoms with Gasteiger partial charge in [0.25, 0.3) is 9.05 Å². The van der Waals surface area contributed by atoms with Crippen LogP contribution in [0.25, 0.3) is 0 Å². The molecule has 1 aromatic heterocycles. The van der Waals surface area contributed by atoms with Gasteiger partial charge in [0.05, 0.1) is 5.69 Å². The topological polar surface area (TPSA) is 91.9 Å². The monoisotopic (exact) mass is 237 g/mol. The normalized spacial score (nSPS) is 11.4. The Morgan fingerprint density at radius 2 is 2.14 bits per heavy atom. The van der Waals surface area contributed by atoms with Crippen molar-refractivity contribution >= 4 is 31.5 Å². The number of nitrogens with zero attached hydrogens (tertiary/aromatic N) is 1. The number of aromatic amines is 1. The van der Waals surface area contributed by atoms with E-state index >= 15 is 0 Å². The number of carbonyl (C=O) groups is 1. The van der Waals surface area contributed by atoms with Gasteiger partial charge in [-0.2, -0.15) is 5.10 Å². The summed E-state index contributed by atoms with van der Waals surface area (Å²) in [5.41, 5.74) is 0.281. The van der Waals surface area contributed by atoms with Crippen molar-refractivity contribution in [2.45, 2.75) is 18.7 Å². The van der Waals surface area contributed by atoms with Gasteiger partial charge in [-0.05, 0) is 6.92 Å². The van der Waals surface area contributed by atoms with Crippen LogP contribution in [0, 0.1) is 6.92 Å². The molecule has 1 heterocycles. The van der Waals surface area contributed by atoms with Crippen molar-refractivity contribution in [3.05, 3.63) is 5.69 Å². The van der Waals surface area contributed by atoms with Crippen molar-refractivity contribution in [3.8, 4) is 0 Å². The summed E-state index contributed by atoms with van der Waals surface area (Å²) in [6.07, 6.45) is 0. The van der Waals surface area contributed by atoms with Gasteiger partial charge in [-0.3, -0.25) is 9.89 Å². The Bertz CT molecular complexity index is 465. The van der Waals surface area contributed by atoms with Crippen molar-refractivity contribution in [1.82, 2.24) is 10.2 Å². The number of hydrogen-bond acceptors (Lipinski definition) is 4. The van der Waals surface area contributed by atoms with E-state index in [-0.39, 0.29) is 16.4 Å². The van der Waals surface area contributed by atoms with E-state index in [2.05, 4.69) is 15.5 Å². The average Bonchev–Trinajstić information content (AvgIpc) is 2.28. The number of halogens is 1. The van der Waals surface area contributed by atoms with Crippen LogP contribution in [0.5, 0.6) is 0 Å². The van der Waals surface area contributed by atoms with Gasteiger partial charge in [-0.25, -0.2) is 8.42 Å². The Kier molecular flexibility index (Phi) is 2.81. The molecule has 8 heteroatoms. The molecule has 14 heavy (non-hydrogen) atoms. The van der Waals surface area contributed by atoms with Gasteiger partial charge < -0.3 is 5.32 Å². The summed E-state index contributed by atoms with van der Waals surface area (Å²) in [7, 11) is 1.25. The Balaban J connectivity index is 3.27. The number of hydrogen-bond donors (Lipinski definition) is 2. The smallest absolute Gasteiger partial charge is 0.266 e. The van der Waals surface area contributed by atoms with Crippen LogP contribution in [0.3, 0.4) is 0 Å². The molecule has 0 aromatic carbocycles. The molecule has 1 amide bonds. The largest absolute Gasteiger partial charge is 0.308 e. The Hall–Kier alpha value is -1.08. The number of H-pyrrole nitrogens is 1. The van der Waals surface area contributed by atoms with E-state index in [1.807, 2.05) is 0 Å². The minimum atomic E-state index is -3.90. The van der Waals surface area contributed by atoms with Crippen LogP contribution in [0.2, 0.25) is 0 Å². The maximum atomic E-state index is 11.1. The standard InChI is InChI=1S/C6H8ClN3O3S/c1-3-5(14(7,12)13)6(10-9-3)8-4(2)11/h1-2H3,(H2,8,9,10,11). The number of rotatable bonds is 2. The van der Waals surface area contributed by atoms with Gasteiger partial charge in [-0.15, -0.1) is 0 Å². The fourth-order valence-corrected chi connectivity index (χ4v) is 2.27. The third-order valence-corrected chi connectivity index (χ3v) is 2.88. The molecular weight excluding hydrogens is 230 g/mol. The van der Waals surface area contributed by atoms with E-state index in [0.717, 1.165) is 0 Å². The van der Waals surface area contributed by atoms with Crippen LogP contribution >= 0.6 is 10.7 Å². The van der Waals surface area contributed by atoms with Crippen molar-refractivity contribution in [2.75, 3.05) is 5.32 Å². The lowest BCUT2D eigenvalue weighted by molar-refractivity contribution is -0.114. The zero-order valence-electron chi connectivity index (χ0n) is 7.46. The molecular formula is C6H8ClN3O3S. The lowest BCUT2D eigenvalue weighted by atomic mass is 10.4. The van der Waals surface area contributed by atoms with Crippen LogP contribution in [-0.4, -0.2) is 24.5 Å². The molecule has 0 aliphatic carbocycles. The molecule has 0 aliphatic rings. The second kappa shape index (κ2) is 3.58. The number of anilines is 1. The molecule has 1 rings (SSSR count). The molecule has 0 unspecified atom stereocenters. The molecule has 0 saturated heterocycles. The second-order valence-corrected chi connectivity index (χ2v) is 5.15. The first-order valence-corrected chi connectivity index (χ1v) is 5.90. The molecule has 0 atom stereocenters. The van der Waals surface area contributed by atoms with E-state index in [0.29, 0.717) is 0 Å². The predicted molar refractivity (Wildman–Crippen MR) is 50.7 cm³/mol. The van der Waals surface area contributed by atoms with E-state index in [1.165, 1.54) is 13.8 Å². The highest BCUT2D eigenvalue weighted by Crippen LogP contribution is 2.25. The van der Waals surface area contributed by atoms with E-state index < -0.39 is 15.0 Å². The zero-order chi connectivity index (χ0) is 10.9. The highest BCUT2D eigenvalue weighted by atomic mass is 35.7. The lowest BCUT2D eigenvalue weighted by Gasteiger charge is -1.99. The fourth-order valence-electron chi connectivity index (χ4n) is 0.969. The molecule has 0 spiro atoms. The van der Waals surface area contributed by atoms with Crippen LogP contribution in [0.1, 0.15) is 12.6 Å². The third kappa shape index (κ3) is 2.24. The molecule has 78 valence electrons. The highest BCUT2D eigenvalue weighted by molar-refractivity contribution is 8.13. The zero-order valence-corrected chi connectivity index (χ0v) is 9.03. The van der Waals surface area contributed by atoms with Gasteiger partial charge in [0.15, 0.2) is 5.82 Å². The SMILES string of the molecule is CC(=O)Nc1n[nH]c(C)c1S(=O)(=O)Cl. The van der Waals surface area contributed by atoms with Crippen molar-refractivity contribution in [3.63, 3.8) is 0 Å². The lowest BCUT2D eigenvalue weighted by Crippen LogP contribution is -2.09. The maximum Gasteiger partial charge on any atom is 0.266 e. The summed E-state index contributed by atoms with van der Waals surface area (Å²) in [4.78, 5) is 10.5. The predicted octanol–water partition coefficient (Wildman–Crippen LogP) is 0.604. The number of amides is 1. The van der Waals surface area contributed by atoms with Gasteiger partial charge in [-0.1, -0.05) is 0 Å². The first-order valence-electron chi connectivity index (χ1n) is 3.59. The molecule has 0 fully saturated rings. The number of carbonyl (C=O) groups excluding carboxylic acids is 1. The van der Waals surface area contributed by atoms with Gasteiger partial charge in [0, 0.05) is 17.6 Å². The number of nitrogens with one attached hydrogen (secondary N) is 2. The summed E-state index contributed by atoms with van der Waals surface area (Å²) in [6, 6.07) is 0. The first-order chi connectivity index (χ1) is 6.32. The summed E-state index contributed by atoms with van der Waals surface area (Å²) in [6.45, 7) is 2.74. The molecule has 0 saturated carbocycles. The second-order valence-electron chi connectivity index (χ2n) is 2.65.